The minimum Gasteiger partial charge on any atom is -0.387 e. The van der Waals surface area contributed by atoms with Gasteiger partial charge in [0.15, 0.2) is 0 Å². The lowest BCUT2D eigenvalue weighted by molar-refractivity contribution is -0.870. The zero-order chi connectivity index (χ0) is 45.0. The van der Waals surface area contributed by atoms with Gasteiger partial charge >= 0.3 is 7.82 Å². The average molecular weight is 886 g/mol. The minimum atomic E-state index is -4.33. The molecule has 0 aromatic carbocycles. The maximum absolute atomic E-state index is 12.8. The molecule has 0 aromatic rings. The number of hydrogen-bond acceptors (Lipinski definition) is 5. The van der Waals surface area contributed by atoms with Crippen molar-refractivity contribution in [1.29, 1.82) is 0 Å². The van der Waals surface area contributed by atoms with Crippen LogP contribution in [0.15, 0.2) is 12.2 Å². The molecule has 0 bridgehead atoms. The number of phosphoric acid groups is 1. The average Bonchev–Trinajstić information content (AvgIpc) is 3.21. The second-order valence-corrected chi connectivity index (χ2v) is 21.1. The smallest absolute Gasteiger partial charge is 0.387 e. The van der Waals surface area contributed by atoms with Gasteiger partial charge in [-0.2, -0.15) is 0 Å². The Hall–Kier alpha value is -0.760. The van der Waals surface area contributed by atoms with Crippen molar-refractivity contribution in [2.75, 3.05) is 40.9 Å². The first-order valence-corrected chi connectivity index (χ1v) is 28.1. The molecular formula is C52H106N2O6P+. The summed E-state index contributed by atoms with van der Waals surface area (Å²) in [4.78, 5) is 23.1. The first-order chi connectivity index (χ1) is 29.5. The zero-order valence-electron chi connectivity index (χ0n) is 41.4. The summed E-state index contributed by atoms with van der Waals surface area (Å²) in [5.41, 5.74) is 0. The van der Waals surface area contributed by atoms with Crippen LogP contribution in [0, 0.1) is 0 Å². The van der Waals surface area contributed by atoms with Gasteiger partial charge in [0.25, 0.3) is 0 Å². The number of likely N-dealkylation sites (N-methyl/N-ethyl adjacent to an activating group) is 1. The molecule has 364 valence electrons. The number of hydrogen-bond donors (Lipinski definition) is 3. The maximum Gasteiger partial charge on any atom is 0.472 e. The van der Waals surface area contributed by atoms with E-state index in [4.69, 9.17) is 9.05 Å². The van der Waals surface area contributed by atoms with Crippen molar-refractivity contribution in [1.82, 2.24) is 5.32 Å². The second kappa shape index (κ2) is 44.4. The third-order valence-corrected chi connectivity index (χ3v) is 13.2. The number of allylic oxidation sites excluding steroid dienone is 1. The van der Waals surface area contributed by atoms with Gasteiger partial charge in [0, 0.05) is 6.42 Å². The minimum absolute atomic E-state index is 0.0646. The highest BCUT2D eigenvalue weighted by Crippen LogP contribution is 2.43. The predicted molar refractivity (Wildman–Crippen MR) is 263 cm³/mol. The Kier molecular flexibility index (Phi) is 43.9. The van der Waals surface area contributed by atoms with Crippen LogP contribution >= 0.6 is 7.82 Å². The van der Waals surface area contributed by atoms with E-state index in [-0.39, 0.29) is 19.1 Å². The number of amides is 1. The van der Waals surface area contributed by atoms with E-state index in [1.54, 1.807) is 6.08 Å². The Labute approximate surface area is 380 Å². The number of quaternary nitrogens is 1. The van der Waals surface area contributed by atoms with Crippen molar-refractivity contribution >= 4 is 13.7 Å². The second-order valence-electron chi connectivity index (χ2n) is 19.6. The summed E-state index contributed by atoms with van der Waals surface area (Å²) in [6.07, 6.45) is 53.2. The van der Waals surface area contributed by atoms with Gasteiger partial charge in [-0.25, -0.2) is 4.57 Å². The van der Waals surface area contributed by atoms with Gasteiger partial charge in [0.2, 0.25) is 5.91 Å². The third-order valence-electron chi connectivity index (χ3n) is 12.3. The summed E-state index contributed by atoms with van der Waals surface area (Å²) in [5.74, 6) is -0.176. The molecule has 3 atom stereocenters. The number of phosphoric ester groups is 1. The molecule has 0 saturated carbocycles. The van der Waals surface area contributed by atoms with Crippen LogP contribution in [0.2, 0.25) is 0 Å². The number of carbonyl (C=O) groups is 1. The largest absolute Gasteiger partial charge is 0.472 e. The SMILES string of the molecule is CCCCCCCCCCCCCCCCCCCCCCCCCCCCC/C=C/C(O)C(COP(=O)(O)OCC[N+](C)(C)C)NC(=O)CCCCCCCCCCCC. The van der Waals surface area contributed by atoms with Crippen LogP contribution in [0.1, 0.15) is 264 Å². The van der Waals surface area contributed by atoms with Crippen LogP contribution in [-0.2, 0) is 18.4 Å². The first kappa shape index (κ1) is 60.2. The Morgan fingerprint density at radius 3 is 1.21 bits per heavy atom. The molecule has 0 rings (SSSR count). The molecule has 3 unspecified atom stereocenters. The number of aliphatic hydroxyl groups excluding tert-OH is 1. The summed E-state index contributed by atoms with van der Waals surface area (Å²) in [7, 11) is 1.58. The Morgan fingerprint density at radius 1 is 0.541 bits per heavy atom. The van der Waals surface area contributed by atoms with E-state index >= 15 is 0 Å². The molecule has 0 aliphatic carbocycles. The lowest BCUT2D eigenvalue weighted by Crippen LogP contribution is -2.45. The molecule has 0 aromatic heterocycles. The monoisotopic (exact) mass is 886 g/mol. The first-order valence-electron chi connectivity index (χ1n) is 26.6. The Bertz CT molecular complexity index is 1000. The van der Waals surface area contributed by atoms with Crippen LogP contribution in [0.5, 0.6) is 0 Å². The lowest BCUT2D eigenvalue weighted by Gasteiger charge is -2.25. The fraction of sp³-hybridized carbons (Fsp3) is 0.942. The van der Waals surface area contributed by atoms with Crippen LogP contribution in [0.3, 0.4) is 0 Å². The number of unbranched alkanes of at least 4 members (excludes halogenated alkanes) is 36. The van der Waals surface area contributed by atoms with E-state index in [1.807, 2.05) is 27.2 Å². The van der Waals surface area contributed by atoms with E-state index < -0.39 is 20.0 Å². The molecule has 0 fully saturated rings. The molecule has 0 radical (unpaired) electrons. The number of nitrogens with one attached hydrogen (secondary N) is 1. The maximum atomic E-state index is 12.8. The fourth-order valence-electron chi connectivity index (χ4n) is 8.04. The lowest BCUT2D eigenvalue weighted by atomic mass is 10.0. The molecular weight excluding hydrogens is 780 g/mol. The van der Waals surface area contributed by atoms with Gasteiger partial charge in [0.05, 0.1) is 39.9 Å². The normalized spacial score (nSPS) is 14.1. The van der Waals surface area contributed by atoms with Gasteiger partial charge in [-0.3, -0.25) is 13.8 Å². The molecule has 9 heteroatoms. The van der Waals surface area contributed by atoms with E-state index in [0.717, 1.165) is 32.1 Å². The summed E-state index contributed by atoms with van der Waals surface area (Å²) < 4.78 is 23.6. The van der Waals surface area contributed by atoms with Gasteiger partial charge in [-0.05, 0) is 19.3 Å². The highest BCUT2D eigenvalue weighted by atomic mass is 31.2. The summed E-state index contributed by atoms with van der Waals surface area (Å²) in [5, 5.41) is 13.9. The van der Waals surface area contributed by atoms with Crippen molar-refractivity contribution < 1.29 is 32.9 Å². The number of carbonyl (C=O) groups excluding carboxylic acids is 1. The van der Waals surface area contributed by atoms with E-state index in [9.17, 15) is 19.4 Å². The fourth-order valence-corrected chi connectivity index (χ4v) is 8.78. The molecule has 3 N–H and O–H groups in total. The predicted octanol–water partition coefficient (Wildman–Crippen LogP) is 15.5. The van der Waals surface area contributed by atoms with E-state index in [1.165, 1.54) is 212 Å². The molecule has 0 aliphatic rings. The molecule has 0 heterocycles. The van der Waals surface area contributed by atoms with Crippen LogP contribution in [0.25, 0.3) is 0 Å². The summed E-state index contributed by atoms with van der Waals surface area (Å²) >= 11 is 0. The Balaban J connectivity index is 4.05. The van der Waals surface area contributed by atoms with E-state index in [0.29, 0.717) is 17.4 Å². The van der Waals surface area contributed by atoms with Gasteiger partial charge in [-0.1, -0.05) is 251 Å². The summed E-state index contributed by atoms with van der Waals surface area (Å²) in [6.45, 7) is 4.83. The Morgan fingerprint density at radius 2 is 0.869 bits per heavy atom. The van der Waals surface area contributed by atoms with Crippen LogP contribution < -0.4 is 5.32 Å². The topological polar surface area (TPSA) is 105 Å². The molecule has 0 saturated heterocycles. The molecule has 0 aliphatic heterocycles. The highest BCUT2D eigenvalue weighted by Gasteiger charge is 2.27. The quantitative estimate of drug-likeness (QED) is 0.0243. The molecule has 0 spiro atoms. The van der Waals surface area contributed by atoms with Crippen molar-refractivity contribution in [3.05, 3.63) is 12.2 Å². The standard InChI is InChI=1S/C52H105N2O6P/c1-6-8-10-12-14-16-18-19-20-21-22-23-24-25-26-27-28-29-30-31-32-33-34-35-36-37-39-41-43-45-51(55)50(49-60-61(57,58)59-48-47-54(3,4)5)53-52(56)46-44-42-40-38-17-15-13-11-9-7-2/h43,45,50-51,55H,6-42,44,46-49H2,1-5H3,(H-,53,56,57,58)/p+1/b45-43+. The number of aliphatic hydroxyl groups is 1. The van der Waals surface area contributed by atoms with E-state index in [2.05, 4.69) is 19.2 Å². The van der Waals surface area contributed by atoms with Crippen molar-refractivity contribution in [3.63, 3.8) is 0 Å². The highest BCUT2D eigenvalue weighted by molar-refractivity contribution is 7.47. The van der Waals surface area contributed by atoms with Crippen LogP contribution in [0.4, 0.5) is 0 Å². The summed E-state index contributed by atoms with van der Waals surface area (Å²) in [6, 6.07) is -0.840. The van der Waals surface area contributed by atoms with Crippen molar-refractivity contribution in [3.8, 4) is 0 Å². The zero-order valence-corrected chi connectivity index (χ0v) is 42.3. The third kappa shape index (κ3) is 47.0. The molecule has 61 heavy (non-hydrogen) atoms. The number of rotatable bonds is 49. The van der Waals surface area contributed by atoms with Crippen molar-refractivity contribution in [2.24, 2.45) is 0 Å². The van der Waals surface area contributed by atoms with Crippen LogP contribution in [-0.4, -0.2) is 73.4 Å². The van der Waals surface area contributed by atoms with Gasteiger partial charge < -0.3 is 19.8 Å². The van der Waals surface area contributed by atoms with Crippen molar-refractivity contribution in [2.45, 2.75) is 276 Å². The van der Waals surface area contributed by atoms with Gasteiger partial charge in [0.1, 0.15) is 13.2 Å². The van der Waals surface area contributed by atoms with Gasteiger partial charge in [-0.15, -0.1) is 0 Å². The molecule has 1 amide bonds. The molecule has 8 nitrogen and oxygen atoms in total. The number of nitrogens with zero attached hydrogens (tertiary/aromatic N) is 1.